The van der Waals surface area contributed by atoms with Crippen molar-refractivity contribution in [3.8, 4) is 0 Å². The second-order valence-electron chi connectivity index (χ2n) is 9.11. The highest BCUT2D eigenvalue weighted by atomic mass is 35.5. The van der Waals surface area contributed by atoms with Crippen LogP contribution in [0.4, 0.5) is 5.69 Å². The number of fused-ring (bicyclic) bond motifs is 1. The lowest BCUT2D eigenvalue weighted by atomic mass is 9.96. The number of allylic oxidation sites excluding steroid dienone is 1. The van der Waals surface area contributed by atoms with Crippen molar-refractivity contribution in [2.75, 3.05) is 18.5 Å². The molecule has 1 atom stereocenters. The number of esters is 1. The van der Waals surface area contributed by atoms with Crippen molar-refractivity contribution in [1.29, 1.82) is 0 Å². The number of carbonyl (C=O) groups excluding carboxylic acids is 5. The molecule has 1 aliphatic rings. The van der Waals surface area contributed by atoms with E-state index in [1.165, 1.54) is 25.5 Å². The number of nitrogens with one attached hydrogen (secondary N) is 3. The number of ether oxygens (including phenoxy) is 1. The third-order valence-electron chi connectivity index (χ3n) is 5.30. The molecule has 0 radical (unpaired) electrons. The standard InChI is InChI=1S/C25H23Cl2N3O6.C3H8.C2H4O2.2C2H6/c1-14(20(31)13-36-25(35)22-17(26)9-5-10-18(22)27)29-21(32)12-28-23(33)24(34)30-19-11-4-7-15-6-2-3-8-16(15)19;1-3-2;1-2(3)4;2*1-2/h3-5,7-11,14H,2,6,12-13H2,1H3,(H,28,33)(H,29,32)(H,30,34);3H2,1-2H3;1H3,(H,3,4);2*1-2H3. The van der Waals surface area contributed by atoms with Crippen molar-refractivity contribution >= 4 is 70.4 Å². The van der Waals surface area contributed by atoms with Gasteiger partial charge in [-0.1, -0.05) is 102 Å². The van der Waals surface area contributed by atoms with Crippen LogP contribution in [0.15, 0.2) is 42.5 Å². The minimum absolute atomic E-state index is 0.0710. The second-order valence-corrected chi connectivity index (χ2v) is 9.93. The molecule has 1 aliphatic carbocycles. The summed E-state index contributed by atoms with van der Waals surface area (Å²) in [5, 5.41) is 14.7. The van der Waals surface area contributed by atoms with Gasteiger partial charge in [-0.05, 0) is 43.5 Å². The minimum atomic E-state index is -1.03. The topological polar surface area (TPSA) is 168 Å². The number of Topliss-reactive ketones (excluding diaryl/α,β-unsaturated/α-hetero) is 1. The molecular weight excluding hydrogens is 649 g/mol. The van der Waals surface area contributed by atoms with Gasteiger partial charge in [0.15, 0.2) is 12.4 Å². The Balaban J connectivity index is 0. The Labute approximate surface area is 287 Å². The summed E-state index contributed by atoms with van der Waals surface area (Å²) in [5.74, 6) is -4.97. The Bertz CT molecular complexity index is 1340. The van der Waals surface area contributed by atoms with E-state index in [0.29, 0.717) is 5.69 Å². The van der Waals surface area contributed by atoms with E-state index in [-0.39, 0.29) is 15.6 Å². The molecule has 47 heavy (non-hydrogen) atoms. The van der Waals surface area contributed by atoms with Gasteiger partial charge in [0.05, 0.1) is 28.2 Å². The van der Waals surface area contributed by atoms with Crippen molar-refractivity contribution in [3.63, 3.8) is 0 Å². The first-order valence-corrected chi connectivity index (χ1v) is 16.1. The second kappa shape index (κ2) is 25.9. The minimum Gasteiger partial charge on any atom is -0.481 e. The maximum absolute atomic E-state index is 12.3. The maximum atomic E-state index is 12.3. The molecule has 0 fully saturated rings. The number of benzene rings is 2. The number of aliphatic carboxylic acids is 1. The highest BCUT2D eigenvalue weighted by Gasteiger charge is 2.22. The van der Waals surface area contributed by atoms with Gasteiger partial charge in [-0.3, -0.25) is 24.0 Å². The molecule has 0 spiro atoms. The molecule has 0 bridgehead atoms. The molecule has 0 aliphatic heterocycles. The average molecular weight is 697 g/mol. The Hall–Kier alpha value is -4.22. The van der Waals surface area contributed by atoms with Crippen LogP contribution in [0.2, 0.25) is 10.0 Å². The zero-order valence-electron chi connectivity index (χ0n) is 28.3. The lowest BCUT2D eigenvalue weighted by Gasteiger charge is -2.16. The van der Waals surface area contributed by atoms with Crippen molar-refractivity contribution in [1.82, 2.24) is 10.6 Å². The Morgan fingerprint density at radius 2 is 1.45 bits per heavy atom. The maximum Gasteiger partial charge on any atom is 0.341 e. The van der Waals surface area contributed by atoms with Crippen LogP contribution in [-0.2, 0) is 35.1 Å². The number of carboxylic acid groups (broad SMARTS) is 1. The van der Waals surface area contributed by atoms with E-state index in [2.05, 4.69) is 29.8 Å². The van der Waals surface area contributed by atoms with Gasteiger partial charge >= 0.3 is 17.8 Å². The van der Waals surface area contributed by atoms with Gasteiger partial charge in [0.2, 0.25) is 5.91 Å². The summed E-state index contributed by atoms with van der Waals surface area (Å²) in [5.41, 5.74) is 2.33. The van der Waals surface area contributed by atoms with E-state index >= 15 is 0 Å². The van der Waals surface area contributed by atoms with E-state index in [1.54, 1.807) is 18.2 Å². The third-order valence-corrected chi connectivity index (χ3v) is 5.93. The quantitative estimate of drug-likeness (QED) is 0.179. The van der Waals surface area contributed by atoms with Crippen LogP contribution < -0.4 is 16.0 Å². The van der Waals surface area contributed by atoms with Gasteiger partial charge in [0.1, 0.15) is 0 Å². The summed E-state index contributed by atoms with van der Waals surface area (Å²) in [7, 11) is 0. The summed E-state index contributed by atoms with van der Waals surface area (Å²) in [6, 6.07) is 8.86. The fourth-order valence-corrected chi connectivity index (χ4v) is 3.95. The van der Waals surface area contributed by atoms with Crippen molar-refractivity contribution in [2.45, 2.75) is 80.7 Å². The highest BCUT2D eigenvalue weighted by Crippen LogP contribution is 2.27. The first kappa shape index (κ1) is 44.9. The molecule has 0 heterocycles. The predicted molar refractivity (Wildman–Crippen MR) is 187 cm³/mol. The predicted octanol–water partition coefficient (Wildman–Crippen LogP) is 6.50. The van der Waals surface area contributed by atoms with Gasteiger partial charge in [-0.15, -0.1) is 0 Å². The fourth-order valence-electron chi connectivity index (χ4n) is 3.40. The number of ketones is 1. The first-order valence-electron chi connectivity index (χ1n) is 15.3. The van der Waals surface area contributed by atoms with Crippen LogP contribution in [0.5, 0.6) is 0 Å². The highest BCUT2D eigenvalue weighted by molar-refractivity contribution is 6.40. The van der Waals surface area contributed by atoms with Gasteiger partial charge in [0.25, 0.3) is 5.97 Å². The molecule has 13 heteroatoms. The smallest absolute Gasteiger partial charge is 0.341 e. The molecule has 3 rings (SSSR count). The van der Waals surface area contributed by atoms with Gasteiger partial charge in [-0.2, -0.15) is 0 Å². The molecule has 0 saturated heterocycles. The Morgan fingerprint density at radius 1 is 0.915 bits per heavy atom. The van der Waals surface area contributed by atoms with Gasteiger partial charge < -0.3 is 25.8 Å². The molecule has 11 nitrogen and oxygen atoms in total. The van der Waals surface area contributed by atoms with E-state index in [0.717, 1.165) is 30.9 Å². The normalized spacial score (nSPS) is 10.9. The Morgan fingerprint density at radius 3 is 2.00 bits per heavy atom. The monoisotopic (exact) mass is 695 g/mol. The number of amides is 3. The SMILES string of the molecule is CC.CC.CC(=O)O.CC(NC(=O)CNC(=O)C(=O)Nc1cccc2c1C=CCC2)C(=O)COC(=O)c1c(Cl)cccc1Cl.CCC. The van der Waals surface area contributed by atoms with Crippen LogP contribution >= 0.6 is 23.2 Å². The number of anilines is 1. The molecule has 260 valence electrons. The fraction of sp³-hybridized carbons (Fsp3) is 0.412. The number of rotatable bonds is 8. The third kappa shape index (κ3) is 17.9. The number of carboxylic acids is 1. The number of halogens is 2. The molecule has 0 saturated carbocycles. The zero-order valence-corrected chi connectivity index (χ0v) is 29.8. The van der Waals surface area contributed by atoms with Crippen LogP contribution in [0.1, 0.15) is 89.7 Å². The summed E-state index contributed by atoms with van der Waals surface area (Å²) < 4.78 is 4.94. The zero-order chi connectivity index (χ0) is 36.5. The van der Waals surface area contributed by atoms with Crippen molar-refractivity contribution in [2.24, 2.45) is 0 Å². The summed E-state index contributed by atoms with van der Waals surface area (Å²) >= 11 is 11.9. The Kier molecular flexibility index (Phi) is 24.8. The lowest BCUT2D eigenvalue weighted by molar-refractivity contribution is -0.137. The number of hydrogen-bond donors (Lipinski definition) is 4. The molecule has 1 unspecified atom stereocenters. The molecule has 2 aromatic carbocycles. The lowest BCUT2D eigenvalue weighted by Crippen LogP contribution is -2.46. The van der Waals surface area contributed by atoms with Gasteiger partial charge in [0, 0.05) is 18.2 Å². The molecule has 0 aromatic heterocycles. The largest absolute Gasteiger partial charge is 0.481 e. The summed E-state index contributed by atoms with van der Waals surface area (Å²) in [4.78, 5) is 69.9. The van der Waals surface area contributed by atoms with Gasteiger partial charge in [-0.25, -0.2) is 4.79 Å². The van der Waals surface area contributed by atoms with Crippen LogP contribution in [-0.4, -0.2) is 59.7 Å². The van der Waals surface area contributed by atoms with E-state index in [1.807, 2.05) is 45.9 Å². The van der Waals surface area contributed by atoms with Crippen molar-refractivity contribution in [3.05, 3.63) is 69.2 Å². The number of aryl methyl sites for hydroxylation is 1. The molecule has 4 N–H and O–H groups in total. The van der Waals surface area contributed by atoms with E-state index < -0.39 is 54.6 Å². The summed E-state index contributed by atoms with van der Waals surface area (Å²) in [6.45, 7) is 13.6. The van der Waals surface area contributed by atoms with Crippen molar-refractivity contribution < 1.29 is 38.6 Å². The van der Waals surface area contributed by atoms with Crippen LogP contribution in [0, 0.1) is 0 Å². The first-order chi connectivity index (χ1) is 22.3. The van der Waals surface area contributed by atoms with E-state index in [9.17, 15) is 24.0 Å². The average Bonchev–Trinajstić information content (AvgIpc) is 3.04. The summed E-state index contributed by atoms with van der Waals surface area (Å²) in [6.07, 6.45) is 6.86. The number of carbonyl (C=O) groups is 6. The van der Waals surface area contributed by atoms with E-state index in [4.69, 9.17) is 37.8 Å². The molecule has 2 aromatic rings. The van der Waals surface area contributed by atoms with Crippen LogP contribution in [0.25, 0.3) is 6.08 Å². The van der Waals surface area contributed by atoms with Crippen LogP contribution in [0.3, 0.4) is 0 Å². The number of hydrogen-bond acceptors (Lipinski definition) is 7. The molecular formula is C34H47Cl2N3O8. The molecule has 3 amide bonds.